The molecule has 0 fully saturated rings. The summed E-state index contributed by atoms with van der Waals surface area (Å²) in [4.78, 5) is 44.8. The molecule has 174 valence electrons. The van der Waals surface area contributed by atoms with E-state index >= 15 is 0 Å². The molecule has 0 saturated heterocycles. The molecule has 0 aromatic carbocycles. The van der Waals surface area contributed by atoms with E-state index in [0.29, 0.717) is 36.5 Å². The molecule has 32 heavy (non-hydrogen) atoms. The lowest BCUT2D eigenvalue weighted by Crippen LogP contribution is -2.34. The highest BCUT2D eigenvalue weighted by atomic mass is 32.1. The lowest BCUT2D eigenvalue weighted by Gasteiger charge is -2.14. The molecule has 0 aliphatic rings. The number of hydrogen-bond donors (Lipinski definition) is 2. The van der Waals surface area contributed by atoms with Gasteiger partial charge in [-0.25, -0.2) is 9.78 Å². The van der Waals surface area contributed by atoms with E-state index in [4.69, 9.17) is 0 Å². The minimum Gasteiger partial charge on any atom is -0.353 e. The fourth-order valence-electron chi connectivity index (χ4n) is 3.88. The zero-order valence-electron chi connectivity index (χ0n) is 19.3. The fourth-order valence-corrected chi connectivity index (χ4v) is 4.56. The zero-order valence-corrected chi connectivity index (χ0v) is 20.1. The van der Waals surface area contributed by atoms with Crippen molar-refractivity contribution in [3.63, 3.8) is 0 Å². The highest BCUT2D eigenvalue weighted by Crippen LogP contribution is 2.16. The van der Waals surface area contributed by atoms with Crippen molar-refractivity contribution in [2.24, 2.45) is 5.92 Å². The normalized spacial score (nSPS) is 12.5. The minimum atomic E-state index is -0.434. The van der Waals surface area contributed by atoms with Crippen LogP contribution < -0.4 is 16.6 Å². The van der Waals surface area contributed by atoms with Crippen molar-refractivity contribution in [2.45, 2.75) is 78.9 Å². The molecule has 2 N–H and O–H groups in total. The summed E-state index contributed by atoms with van der Waals surface area (Å²) < 4.78 is 3.42. The standard InChI is InChI=1S/C23H33N5O3S/c1-5-6-10-27-21-20(22(30)26-23(27)31)28(13-15(2)3)18(25-21)7-8-19(29)24-16(4)12-17-9-11-32-14-17/h9,11,14-16H,5-8,10,12-13H2,1-4H3,(H,24,29)(H,26,30,31). The lowest BCUT2D eigenvalue weighted by atomic mass is 10.1. The van der Waals surface area contributed by atoms with Gasteiger partial charge in [0.05, 0.1) is 0 Å². The molecule has 0 bridgehead atoms. The zero-order chi connectivity index (χ0) is 23.3. The van der Waals surface area contributed by atoms with Crippen molar-refractivity contribution in [1.29, 1.82) is 0 Å². The van der Waals surface area contributed by atoms with Crippen molar-refractivity contribution < 1.29 is 4.79 Å². The van der Waals surface area contributed by atoms with Gasteiger partial charge in [-0.15, -0.1) is 0 Å². The third-order valence-corrected chi connectivity index (χ3v) is 6.08. The number of H-pyrrole nitrogens is 1. The largest absolute Gasteiger partial charge is 0.353 e. The van der Waals surface area contributed by atoms with Crippen molar-refractivity contribution in [2.75, 3.05) is 0 Å². The third-order valence-electron chi connectivity index (χ3n) is 5.35. The van der Waals surface area contributed by atoms with Gasteiger partial charge in [-0.2, -0.15) is 11.3 Å². The molecule has 0 radical (unpaired) electrons. The molecule has 1 unspecified atom stereocenters. The molecule has 1 atom stereocenters. The summed E-state index contributed by atoms with van der Waals surface area (Å²) in [6.07, 6.45) is 3.21. The summed E-state index contributed by atoms with van der Waals surface area (Å²) in [5, 5.41) is 7.17. The third kappa shape index (κ3) is 5.76. The predicted molar refractivity (Wildman–Crippen MR) is 128 cm³/mol. The second kappa shape index (κ2) is 10.8. The molecule has 0 spiro atoms. The van der Waals surface area contributed by atoms with Crippen LogP contribution in [0.1, 0.15) is 58.3 Å². The molecule has 0 aliphatic heterocycles. The number of fused-ring (bicyclic) bond motifs is 1. The first-order chi connectivity index (χ1) is 15.3. The van der Waals surface area contributed by atoms with Crippen LogP contribution in [-0.2, 0) is 30.7 Å². The van der Waals surface area contributed by atoms with Gasteiger partial charge in [-0.3, -0.25) is 19.1 Å². The Hall–Kier alpha value is -2.68. The maximum absolute atomic E-state index is 12.7. The topological polar surface area (TPSA) is 102 Å². The summed E-state index contributed by atoms with van der Waals surface area (Å²) in [5.74, 6) is 0.893. The average molecular weight is 460 g/mol. The Morgan fingerprint density at radius 2 is 2.03 bits per heavy atom. The van der Waals surface area contributed by atoms with Gasteiger partial charge in [0.1, 0.15) is 5.82 Å². The van der Waals surface area contributed by atoms with E-state index in [-0.39, 0.29) is 24.3 Å². The Kier molecular flexibility index (Phi) is 8.06. The number of unbranched alkanes of at least 4 members (excludes halogenated alkanes) is 1. The van der Waals surface area contributed by atoms with Crippen LogP contribution in [0.2, 0.25) is 0 Å². The number of aromatic amines is 1. The number of aryl methyl sites for hydroxylation is 2. The first-order valence-electron chi connectivity index (χ1n) is 11.3. The number of nitrogens with one attached hydrogen (secondary N) is 2. The van der Waals surface area contributed by atoms with Gasteiger partial charge in [0.15, 0.2) is 11.2 Å². The fraction of sp³-hybridized carbons (Fsp3) is 0.565. The van der Waals surface area contributed by atoms with E-state index in [2.05, 4.69) is 47.5 Å². The molecule has 0 aliphatic carbocycles. The number of imidazole rings is 1. The highest BCUT2D eigenvalue weighted by molar-refractivity contribution is 7.07. The second-order valence-corrected chi connectivity index (χ2v) is 9.55. The number of hydrogen-bond acceptors (Lipinski definition) is 5. The Morgan fingerprint density at radius 3 is 2.69 bits per heavy atom. The summed E-state index contributed by atoms with van der Waals surface area (Å²) in [7, 11) is 0. The van der Waals surface area contributed by atoms with Gasteiger partial charge in [-0.1, -0.05) is 27.2 Å². The van der Waals surface area contributed by atoms with Gasteiger partial charge in [0.2, 0.25) is 5.91 Å². The molecular weight excluding hydrogens is 426 g/mol. The van der Waals surface area contributed by atoms with Crippen LogP contribution in [0, 0.1) is 5.92 Å². The van der Waals surface area contributed by atoms with Crippen LogP contribution in [0.15, 0.2) is 26.4 Å². The van der Waals surface area contributed by atoms with Gasteiger partial charge < -0.3 is 9.88 Å². The van der Waals surface area contributed by atoms with Gasteiger partial charge >= 0.3 is 5.69 Å². The van der Waals surface area contributed by atoms with E-state index in [0.717, 1.165) is 19.3 Å². The summed E-state index contributed by atoms with van der Waals surface area (Å²) >= 11 is 1.65. The number of rotatable bonds is 11. The molecule has 3 aromatic heterocycles. The lowest BCUT2D eigenvalue weighted by molar-refractivity contribution is -0.121. The van der Waals surface area contributed by atoms with Gasteiger partial charge in [0, 0.05) is 32.0 Å². The Bertz CT molecular complexity index is 1160. The van der Waals surface area contributed by atoms with E-state index in [9.17, 15) is 14.4 Å². The van der Waals surface area contributed by atoms with Crippen molar-refractivity contribution in [1.82, 2.24) is 24.4 Å². The maximum Gasteiger partial charge on any atom is 0.330 e. The van der Waals surface area contributed by atoms with E-state index in [1.807, 2.05) is 16.9 Å². The predicted octanol–water partition coefficient (Wildman–Crippen LogP) is 3.08. The molecule has 0 saturated carbocycles. The van der Waals surface area contributed by atoms with E-state index in [1.165, 1.54) is 5.56 Å². The summed E-state index contributed by atoms with van der Waals surface area (Å²) in [6.45, 7) is 9.27. The van der Waals surface area contributed by atoms with Crippen LogP contribution in [0.3, 0.4) is 0 Å². The average Bonchev–Trinajstić information content (AvgIpc) is 3.34. The van der Waals surface area contributed by atoms with E-state index < -0.39 is 11.2 Å². The molecule has 8 nitrogen and oxygen atoms in total. The van der Waals surface area contributed by atoms with Gasteiger partial charge in [0.25, 0.3) is 5.56 Å². The van der Waals surface area contributed by atoms with Crippen molar-refractivity contribution >= 4 is 28.4 Å². The number of carbonyl (C=O) groups is 1. The van der Waals surface area contributed by atoms with Crippen LogP contribution in [-0.4, -0.2) is 31.1 Å². The number of carbonyl (C=O) groups excluding carboxylic acids is 1. The SMILES string of the molecule is CCCCn1c(=O)[nH]c(=O)c2c1nc(CCC(=O)NC(C)Cc1ccsc1)n2CC(C)C. The molecule has 9 heteroatoms. The summed E-state index contributed by atoms with van der Waals surface area (Å²) in [5.41, 5.74) is 1.18. The smallest absolute Gasteiger partial charge is 0.330 e. The highest BCUT2D eigenvalue weighted by Gasteiger charge is 2.20. The number of aromatic nitrogens is 4. The summed E-state index contributed by atoms with van der Waals surface area (Å²) in [6, 6.07) is 2.10. The van der Waals surface area contributed by atoms with Crippen LogP contribution >= 0.6 is 11.3 Å². The quantitative estimate of drug-likeness (QED) is 0.460. The first kappa shape index (κ1) is 24.0. The molecule has 3 aromatic rings. The second-order valence-electron chi connectivity index (χ2n) is 8.77. The Morgan fingerprint density at radius 1 is 1.25 bits per heavy atom. The molecular formula is C23H33N5O3S. The number of thiophene rings is 1. The van der Waals surface area contributed by atoms with E-state index in [1.54, 1.807) is 15.9 Å². The van der Waals surface area contributed by atoms with Crippen molar-refractivity contribution in [3.8, 4) is 0 Å². The molecule has 3 heterocycles. The molecule has 1 amide bonds. The van der Waals surface area contributed by atoms with Crippen LogP contribution in [0.4, 0.5) is 0 Å². The molecule has 3 rings (SSSR count). The monoisotopic (exact) mass is 459 g/mol. The number of nitrogens with zero attached hydrogens (tertiary/aromatic N) is 3. The van der Waals surface area contributed by atoms with Crippen LogP contribution in [0.5, 0.6) is 0 Å². The first-order valence-corrected chi connectivity index (χ1v) is 12.3. The van der Waals surface area contributed by atoms with Crippen molar-refractivity contribution in [3.05, 3.63) is 49.1 Å². The van der Waals surface area contributed by atoms with Gasteiger partial charge in [-0.05, 0) is 48.1 Å². The Balaban J connectivity index is 1.83. The Labute approximate surface area is 191 Å². The number of amides is 1. The minimum absolute atomic E-state index is 0.0358. The van der Waals surface area contributed by atoms with Crippen LogP contribution in [0.25, 0.3) is 11.2 Å². The maximum atomic E-state index is 12.7.